The molecule has 2 aromatic carbocycles. The van der Waals surface area contributed by atoms with Crippen LogP contribution >= 0.6 is 0 Å². The van der Waals surface area contributed by atoms with Gasteiger partial charge in [-0.15, -0.1) is 0 Å². The Bertz CT molecular complexity index is 756. The summed E-state index contributed by atoms with van der Waals surface area (Å²) in [6.07, 6.45) is -4.51. The maximum atomic E-state index is 12.5. The van der Waals surface area contributed by atoms with E-state index in [0.29, 0.717) is 5.75 Å². The summed E-state index contributed by atoms with van der Waals surface area (Å²) in [5.41, 5.74) is -0.660. The quantitative estimate of drug-likeness (QED) is 0.933. The number of anilines is 1. The van der Waals surface area contributed by atoms with Crippen molar-refractivity contribution in [2.45, 2.75) is 11.1 Å². The van der Waals surface area contributed by atoms with Crippen LogP contribution in [0.2, 0.25) is 0 Å². The minimum atomic E-state index is -4.51. The molecule has 0 aromatic heterocycles. The molecular weight excluding hydrogens is 319 g/mol. The monoisotopic (exact) mass is 331 g/mol. The molecule has 0 fully saturated rings. The van der Waals surface area contributed by atoms with Gasteiger partial charge in [0.05, 0.1) is 23.3 Å². The Kier molecular flexibility index (Phi) is 4.32. The van der Waals surface area contributed by atoms with Crippen molar-refractivity contribution in [3.8, 4) is 5.75 Å². The van der Waals surface area contributed by atoms with Gasteiger partial charge in [0.2, 0.25) is 0 Å². The van der Waals surface area contributed by atoms with Gasteiger partial charge in [0.25, 0.3) is 10.0 Å². The summed E-state index contributed by atoms with van der Waals surface area (Å²) >= 11 is 0. The fourth-order valence-corrected chi connectivity index (χ4v) is 2.77. The SMILES string of the molecule is COc1cccc(NS(=O)(=O)c2ccc(C(F)(F)F)cc2)c1. The van der Waals surface area contributed by atoms with Crippen LogP contribution in [0.3, 0.4) is 0 Å². The number of benzene rings is 2. The Morgan fingerprint density at radius 1 is 1.05 bits per heavy atom. The summed E-state index contributed by atoms with van der Waals surface area (Å²) in [6, 6.07) is 9.45. The van der Waals surface area contributed by atoms with Crippen molar-refractivity contribution < 1.29 is 26.3 Å². The number of sulfonamides is 1. The average Bonchev–Trinajstić information content (AvgIpc) is 2.46. The van der Waals surface area contributed by atoms with Crippen LogP contribution in [0, 0.1) is 0 Å². The molecule has 0 bridgehead atoms. The smallest absolute Gasteiger partial charge is 0.416 e. The van der Waals surface area contributed by atoms with E-state index >= 15 is 0 Å². The van der Waals surface area contributed by atoms with E-state index in [2.05, 4.69) is 4.72 Å². The molecule has 4 nitrogen and oxygen atoms in total. The van der Waals surface area contributed by atoms with E-state index < -0.39 is 21.8 Å². The van der Waals surface area contributed by atoms with Crippen LogP contribution < -0.4 is 9.46 Å². The molecule has 0 aliphatic carbocycles. The standard InChI is InChI=1S/C14H12F3NO3S/c1-21-12-4-2-3-11(9-12)18-22(19,20)13-7-5-10(6-8-13)14(15,16)17/h2-9,18H,1H3. The highest BCUT2D eigenvalue weighted by atomic mass is 32.2. The number of rotatable bonds is 4. The highest BCUT2D eigenvalue weighted by molar-refractivity contribution is 7.92. The highest BCUT2D eigenvalue weighted by Crippen LogP contribution is 2.30. The van der Waals surface area contributed by atoms with E-state index in [4.69, 9.17) is 4.74 Å². The number of alkyl halides is 3. The second-order valence-corrected chi connectivity index (χ2v) is 6.04. The molecule has 0 saturated heterocycles. The lowest BCUT2D eigenvalue weighted by molar-refractivity contribution is -0.137. The van der Waals surface area contributed by atoms with Gasteiger partial charge in [-0.25, -0.2) is 8.42 Å². The molecule has 0 atom stereocenters. The molecule has 0 aliphatic heterocycles. The van der Waals surface area contributed by atoms with Crippen LogP contribution in [0.5, 0.6) is 5.75 Å². The van der Waals surface area contributed by atoms with Crippen molar-refractivity contribution in [2.75, 3.05) is 11.8 Å². The van der Waals surface area contributed by atoms with Crippen LogP contribution in [0.15, 0.2) is 53.4 Å². The molecule has 0 heterocycles. The summed E-state index contributed by atoms with van der Waals surface area (Å²) in [7, 11) is -2.54. The zero-order valence-corrected chi connectivity index (χ0v) is 12.2. The molecule has 1 N–H and O–H groups in total. The van der Waals surface area contributed by atoms with E-state index in [1.807, 2.05) is 0 Å². The van der Waals surface area contributed by atoms with Crippen molar-refractivity contribution in [1.82, 2.24) is 0 Å². The zero-order chi connectivity index (χ0) is 16.4. The number of nitrogens with one attached hydrogen (secondary N) is 1. The third-order valence-corrected chi connectivity index (χ3v) is 4.21. The molecule has 0 amide bonds. The van der Waals surface area contributed by atoms with Crippen LogP contribution in [-0.4, -0.2) is 15.5 Å². The molecule has 0 saturated carbocycles. The maximum absolute atomic E-state index is 12.5. The maximum Gasteiger partial charge on any atom is 0.416 e. The van der Waals surface area contributed by atoms with Gasteiger partial charge in [0.15, 0.2) is 0 Å². The van der Waals surface area contributed by atoms with Gasteiger partial charge in [-0.1, -0.05) is 6.07 Å². The molecule has 118 valence electrons. The first-order chi connectivity index (χ1) is 10.2. The van der Waals surface area contributed by atoms with Crippen LogP contribution in [-0.2, 0) is 16.2 Å². The lowest BCUT2D eigenvalue weighted by Crippen LogP contribution is -2.13. The van der Waals surface area contributed by atoms with E-state index in [9.17, 15) is 21.6 Å². The van der Waals surface area contributed by atoms with Crippen molar-refractivity contribution in [1.29, 1.82) is 0 Å². The summed E-state index contributed by atoms with van der Waals surface area (Å²) in [6.45, 7) is 0. The molecule has 0 radical (unpaired) electrons. The summed E-state index contributed by atoms with van der Waals surface area (Å²) in [5, 5.41) is 0. The second kappa shape index (κ2) is 5.88. The van der Waals surface area contributed by atoms with Gasteiger partial charge < -0.3 is 4.74 Å². The Labute approximate surface area is 125 Å². The molecule has 8 heteroatoms. The number of methoxy groups -OCH3 is 1. The normalized spacial score (nSPS) is 12.0. The molecule has 2 rings (SSSR count). The Hall–Kier alpha value is -2.22. The third-order valence-electron chi connectivity index (χ3n) is 2.81. The van der Waals surface area contributed by atoms with Gasteiger partial charge in [-0.3, -0.25) is 4.72 Å². The lowest BCUT2D eigenvalue weighted by Gasteiger charge is -2.11. The first-order valence-corrected chi connectivity index (χ1v) is 7.55. The third kappa shape index (κ3) is 3.70. The van der Waals surface area contributed by atoms with E-state index in [1.165, 1.54) is 19.2 Å². The molecule has 0 aliphatic rings. The molecule has 0 unspecified atom stereocenters. The Morgan fingerprint density at radius 3 is 2.23 bits per heavy atom. The average molecular weight is 331 g/mol. The van der Waals surface area contributed by atoms with Crippen molar-refractivity contribution in [3.63, 3.8) is 0 Å². The van der Waals surface area contributed by atoms with E-state index in [-0.39, 0.29) is 10.6 Å². The van der Waals surface area contributed by atoms with Crippen LogP contribution in [0.1, 0.15) is 5.56 Å². The number of hydrogen-bond donors (Lipinski definition) is 1. The number of halogens is 3. The first kappa shape index (κ1) is 16.2. The molecular formula is C14H12F3NO3S. The Morgan fingerprint density at radius 2 is 1.68 bits per heavy atom. The van der Waals surface area contributed by atoms with Crippen molar-refractivity contribution in [3.05, 3.63) is 54.1 Å². The van der Waals surface area contributed by atoms with Crippen LogP contribution in [0.4, 0.5) is 18.9 Å². The number of hydrogen-bond acceptors (Lipinski definition) is 3. The highest BCUT2D eigenvalue weighted by Gasteiger charge is 2.30. The van der Waals surface area contributed by atoms with Gasteiger partial charge in [-0.2, -0.15) is 13.2 Å². The van der Waals surface area contributed by atoms with E-state index in [0.717, 1.165) is 24.3 Å². The topological polar surface area (TPSA) is 55.4 Å². The fourth-order valence-electron chi connectivity index (χ4n) is 1.72. The predicted octanol–water partition coefficient (Wildman–Crippen LogP) is 3.51. The van der Waals surface area contributed by atoms with Crippen LogP contribution in [0.25, 0.3) is 0 Å². The van der Waals surface area contributed by atoms with Gasteiger partial charge in [0, 0.05) is 6.07 Å². The summed E-state index contributed by atoms with van der Waals surface area (Å²) in [4.78, 5) is -0.261. The number of ether oxygens (including phenoxy) is 1. The largest absolute Gasteiger partial charge is 0.497 e. The fraction of sp³-hybridized carbons (Fsp3) is 0.143. The predicted molar refractivity (Wildman–Crippen MR) is 75.2 cm³/mol. The van der Waals surface area contributed by atoms with Crippen molar-refractivity contribution >= 4 is 15.7 Å². The van der Waals surface area contributed by atoms with Gasteiger partial charge in [-0.05, 0) is 36.4 Å². The van der Waals surface area contributed by atoms with Gasteiger partial charge in [0.1, 0.15) is 5.75 Å². The summed E-state index contributed by atoms with van der Waals surface area (Å²) < 4.78 is 68.9. The molecule has 0 spiro atoms. The molecule has 2 aromatic rings. The van der Waals surface area contributed by atoms with Crippen molar-refractivity contribution in [2.24, 2.45) is 0 Å². The van der Waals surface area contributed by atoms with E-state index in [1.54, 1.807) is 12.1 Å². The molecule has 22 heavy (non-hydrogen) atoms. The minimum Gasteiger partial charge on any atom is -0.497 e. The Balaban J connectivity index is 2.26. The summed E-state index contributed by atoms with van der Waals surface area (Å²) in [5.74, 6) is 0.451. The second-order valence-electron chi connectivity index (χ2n) is 4.36. The lowest BCUT2D eigenvalue weighted by atomic mass is 10.2. The first-order valence-electron chi connectivity index (χ1n) is 6.06. The zero-order valence-electron chi connectivity index (χ0n) is 11.4. The van der Waals surface area contributed by atoms with Gasteiger partial charge >= 0.3 is 6.18 Å². The minimum absolute atomic E-state index is 0.249.